The van der Waals surface area contributed by atoms with Crippen LogP contribution in [0.5, 0.6) is 0 Å². The molecule has 3 aromatic rings. The molecule has 1 atom stereocenters. The van der Waals surface area contributed by atoms with Gasteiger partial charge >= 0.3 is 0 Å². The van der Waals surface area contributed by atoms with Crippen molar-refractivity contribution in [1.82, 2.24) is 0 Å². The van der Waals surface area contributed by atoms with Gasteiger partial charge in [0.15, 0.2) is 5.17 Å². The number of hydrogen-bond donors (Lipinski definition) is 0. The van der Waals surface area contributed by atoms with Gasteiger partial charge in [0, 0.05) is 23.3 Å². The summed E-state index contributed by atoms with van der Waals surface area (Å²) in [6.07, 6.45) is 2.96. The molecule has 1 saturated heterocycles. The molecule has 0 aromatic heterocycles. The first-order valence-electron chi connectivity index (χ1n) is 11.7. The summed E-state index contributed by atoms with van der Waals surface area (Å²) < 4.78 is 0. The molecule has 1 fully saturated rings. The molecular weight excluding hydrogens is 474 g/mol. The molecule has 0 aliphatic carbocycles. The van der Waals surface area contributed by atoms with Crippen LogP contribution in [0.3, 0.4) is 0 Å². The highest BCUT2D eigenvalue weighted by atomic mass is 35.5. The van der Waals surface area contributed by atoms with Crippen molar-refractivity contribution in [2.45, 2.75) is 38.6 Å². The highest BCUT2D eigenvalue weighted by Gasteiger charge is 2.36. The van der Waals surface area contributed by atoms with E-state index in [1.807, 2.05) is 72.8 Å². The minimum absolute atomic E-state index is 0.0615. The van der Waals surface area contributed by atoms with Gasteiger partial charge in [-0.2, -0.15) is 0 Å². The zero-order valence-corrected chi connectivity index (χ0v) is 21.9. The third kappa shape index (κ3) is 4.51. The number of thioether (sulfide) groups is 1. The number of carbonyl (C=O) groups excluding carboxylic acids is 1. The molecule has 0 spiro atoms. The number of anilines is 2. The van der Waals surface area contributed by atoms with Gasteiger partial charge in [0.25, 0.3) is 5.91 Å². The van der Waals surface area contributed by atoms with Crippen LogP contribution in [0.15, 0.2) is 82.7 Å². The number of nitrogens with zero attached hydrogens (tertiary/aromatic N) is 3. The molecule has 0 radical (unpaired) electrons. The van der Waals surface area contributed by atoms with Gasteiger partial charge in [-0.15, -0.1) is 0 Å². The number of halogens is 1. The number of carbonyl (C=O) groups is 1. The monoisotopic (exact) mass is 501 g/mol. The number of benzene rings is 3. The minimum Gasteiger partial charge on any atom is -0.369 e. The second kappa shape index (κ2) is 9.21. The van der Waals surface area contributed by atoms with E-state index in [9.17, 15) is 4.79 Å². The van der Waals surface area contributed by atoms with E-state index in [2.05, 4.69) is 38.8 Å². The second-order valence-corrected chi connectivity index (χ2v) is 11.1. The highest BCUT2D eigenvalue weighted by Crippen LogP contribution is 2.45. The summed E-state index contributed by atoms with van der Waals surface area (Å²) in [5, 5.41) is 1.27. The number of para-hydroxylation sites is 2. The summed E-state index contributed by atoms with van der Waals surface area (Å²) in [7, 11) is 2.12. The molecule has 178 valence electrons. The second-order valence-electron chi connectivity index (χ2n) is 9.73. The van der Waals surface area contributed by atoms with Crippen molar-refractivity contribution in [3.05, 3.63) is 93.9 Å². The van der Waals surface area contributed by atoms with Gasteiger partial charge in [-0.1, -0.05) is 54.9 Å². The number of fused-ring (bicyclic) bond motifs is 1. The average molecular weight is 502 g/mol. The number of hydrogen-bond acceptors (Lipinski definition) is 4. The molecule has 4 nitrogen and oxygen atoms in total. The lowest BCUT2D eigenvalue weighted by molar-refractivity contribution is -0.113. The Balaban J connectivity index is 1.57. The normalized spacial score (nSPS) is 21.6. The van der Waals surface area contributed by atoms with Crippen LogP contribution in [0, 0.1) is 0 Å². The van der Waals surface area contributed by atoms with Crippen molar-refractivity contribution >= 4 is 57.6 Å². The van der Waals surface area contributed by atoms with Crippen molar-refractivity contribution < 1.29 is 4.79 Å². The average Bonchev–Trinajstić information content (AvgIpc) is 3.14. The van der Waals surface area contributed by atoms with Crippen LogP contribution in [0.1, 0.15) is 44.2 Å². The van der Waals surface area contributed by atoms with Crippen molar-refractivity contribution in [3.63, 3.8) is 0 Å². The molecule has 2 aliphatic rings. The Morgan fingerprint density at radius 1 is 1.06 bits per heavy atom. The van der Waals surface area contributed by atoms with Crippen LogP contribution in [-0.4, -0.2) is 23.7 Å². The van der Waals surface area contributed by atoms with E-state index >= 15 is 0 Å². The topological polar surface area (TPSA) is 35.9 Å². The Labute approximate surface area is 216 Å². The quantitative estimate of drug-likeness (QED) is 0.342. The van der Waals surface area contributed by atoms with Crippen molar-refractivity contribution in [3.8, 4) is 0 Å². The fraction of sp³-hybridized carbons (Fsp3) is 0.241. The Morgan fingerprint density at radius 3 is 2.40 bits per heavy atom. The van der Waals surface area contributed by atoms with Gasteiger partial charge in [0.1, 0.15) is 0 Å². The molecule has 1 unspecified atom stereocenters. The van der Waals surface area contributed by atoms with Gasteiger partial charge in [-0.05, 0) is 91.5 Å². The summed E-state index contributed by atoms with van der Waals surface area (Å²) in [5.74, 6) is 0.296. The van der Waals surface area contributed by atoms with E-state index in [1.54, 1.807) is 4.90 Å². The summed E-state index contributed by atoms with van der Waals surface area (Å²) in [5.41, 5.74) is 4.93. The van der Waals surface area contributed by atoms with Crippen LogP contribution in [0.4, 0.5) is 17.1 Å². The molecule has 2 aliphatic heterocycles. The van der Waals surface area contributed by atoms with Crippen molar-refractivity contribution in [2.75, 3.05) is 16.8 Å². The van der Waals surface area contributed by atoms with Crippen LogP contribution in [0.25, 0.3) is 6.08 Å². The van der Waals surface area contributed by atoms with Gasteiger partial charge in [-0.3, -0.25) is 9.69 Å². The summed E-state index contributed by atoms with van der Waals surface area (Å²) >= 11 is 8.15. The SMILES string of the molecule is CC1CC(C)(C)N(C)c2cc(Cl)c(/C=C3/SC(=Nc4ccccc4)N(c4ccccc4)C3=O)cc21. The molecule has 3 aromatic carbocycles. The predicted molar refractivity (Wildman–Crippen MR) is 150 cm³/mol. The van der Waals surface area contributed by atoms with E-state index in [-0.39, 0.29) is 11.4 Å². The minimum atomic E-state index is -0.101. The highest BCUT2D eigenvalue weighted by molar-refractivity contribution is 8.19. The summed E-state index contributed by atoms with van der Waals surface area (Å²) in [6, 6.07) is 23.5. The number of aliphatic imine (C=N–C) groups is 1. The molecular formula is C29H28ClN3OS. The lowest BCUT2D eigenvalue weighted by Gasteiger charge is -2.45. The van der Waals surface area contributed by atoms with Gasteiger partial charge in [0.2, 0.25) is 0 Å². The Morgan fingerprint density at radius 2 is 1.71 bits per heavy atom. The van der Waals surface area contributed by atoms with Gasteiger partial charge in [-0.25, -0.2) is 4.99 Å². The third-order valence-corrected chi connectivity index (χ3v) is 8.14. The fourth-order valence-electron chi connectivity index (χ4n) is 4.82. The van der Waals surface area contributed by atoms with E-state index < -0.39 is 0 Å². The first-order chi connectivity index (χ1) is 16.7. The van der Waals surface area contributed by atoms with Crippen molar-refractivity contribution in [2.24, 2.45) is 4.99 Å². The molecule has 0 N–H and O–H groups in total. The van der Waals surface area contributed by atoms with Crippen LogP contribution < -0.4 is 9.80 Å². The maximum absolute atomic E-state index is 13.6. The van der Waals surface area contributed by atoms with Crippen LogP contribution in [0.2, 0.25) is 5.02 Å². The molecule has 5 rings (SSSR count). The molecule has 6 heteroatoms. The molecule has 1 amide bonds. The maximum atomic E-state index is 13.6. The van der Waals surface area contributed by atoms with E-state index in [1.165, 1.54) is 17.3 Å². The van der Waals surface area contributed by atoms with E-state index in [0.717, 1.165) is 29.0 Å². The Kier molecular flexibility index (Phi) is 6.24. The zero-order chi connectivity index (χ0) is 24.7. The van der Waals surface area contributed by atoms with Gasteiger partial charge in [0.05, 0.1) is 16.3 Å². The lowest BCUT2D eigenvalue weighted by Crippen LogP contribution is -2.45. The first-order valence-corrected chi connectivity index (χ1v) is 12.9. The van der Waals surface area contributed by atoms with E-state index in [0.29, 0.717) is 21.0 Å². The fourth-order valence-corrected chi connectivity index (χ4v) is 6.03. The number of amides is 1. The molecule has 0 bridgehead atoms. The van der Waals surface area contributed by atoms with Crippen LogP contribution >= 0.6 is 23.4 Å². The predicted octanol–water partition coefficient (Wildman–Crippen LogP) is 7.87. The lowest BCUT2D eigenvalue weighted by atomic mass is 9.80. The molecule has 35 heavy (non-hydrogen) atoms. The number of rotatable bonds is 3. The smallest absolute Gasteiger partial charge is 0.271 e. The first kappa shape index (κ1) is 23.7. The van der Waals surface area contributed by atoms with Crippen molar-refractivity contribution in [1.29, 1.82) is 0 Å². The largest absolute Gasteiger partial charge is 0.369 e. The summed E-state index contributed by atoms with van der Waals surface area (Å²) in [6.45, 7) is 6.78. The maximum Gasteiger partial charge on any atom is 0.271 e. The zero-order valence-electron chi connectivity index (χ0n) is 20.3. The Bertz CT molecular complexity index is 1330. The van der Waals surface area contributed by atoms with Crippen LogP contribution in [-0.2, 0) is 4.79 Å². The third-order valence-electron chi connectivity index (χ3n) is 6.84. The number of amidine groups is 1. The molecule has 2 heterocycles. The summed E-state index contributed by atoms with van der Waals surface area (Å²) in [4.78, 5) is 23.0. The Hall–Kier alpha value is -3.02. The van der Waals surface area contributed by atoms with Gasteiger partial charge < -0.3 is 4.90 Å². The standard InChI is InChI=1S/C29H28ClN3OS/c1-19-18-29(2,3)32(4)25-17-24(30)20(15-23(19)25)16-26-27(34)33(22-13-9-6-10-14-22)28(35-26)31-21-11-7-5-8-12-21/h5-17,19H,18H2,1-4H3/b26-16+,31-28?. The molecule has 0 saturated carbocycles. The van der Waals surface area contributed by atoms with E-state index in [4.69, 9.17) is 16.6 Å².